The van der Waals surface area contributed by atoms with Crippen LogP contribution < -0.4 is 5.32 Å². The van der Waals surface area contributed by atoms with Crippen molar-refractivity contribution in [3.05, 3.63) is 35.9 Å². The van der Waals surface area contributed by atoms with E-state index in [1.54, 1.807) is 0 Å². The predicted molar refractivity (Wildman–Crippen MR) is 121 cm³/mol. The third-order valence-electron chi connectivity index (χ3n) is 5.60. The molecule has 0 aliphatic carbocycles. The lowest BCUT2D eigenvalue weighted by atomic mass is 10.0. The molecule has 0 saturated carbocycles. The number of thioether (sulfide) groups is 2. The van der Waals surface area contributed by atoms with Gasteiger partial charge in [0.25, 0.3) is 0 Å². The lowest BCUT2D eigenvalue weighted by Gasteiger charge is -2.28. The first-order valence-electron chi connectivity index (χ1n) is 10.5. The Kier molecular flexibility index (Phi) is 7.93. The topological polar surface area (TPSA) is 58.6 Å². The van der Waals surface area contributed by atoms with Gasteiger partial charge in [0, 0.05) is 24.1 Å². The normalized spacial score (nSPS) is 22.6. The van der Waals surface area contributed by atoms with Gasteiger partial charge in [-0.05, 0) is 45.6 Å². The Balaban J connectivity index is 1.61. The molecule has 0 bridgehead atoms. The van der Waals surface area contributed by atoms with E-state index in [2.05, 4.69) is 24.4 Å². The second-order valence-electron chi connectivity index (χ2n) is 7.84. The standard InChI is InChI=1S/C22H32N2O3S2/c1-4-27-21(26)19(11-10-18-8-6-5-7-9-18)23-17(3)20(25)24-15-22(14-16(24)2)28-12-13-29-22/h5-9,16-17,19,23H,4,10-15H2,1-3H3/t16-,17-,19?/m1/s1. The summed E-state index contributed by atoms with van der Waals surface area (Å²) in [5, 5.41) is 3.27. The van der Waals surface area contributed by atoms with Crippen LogP contribution in [0.5, 0.6) is 0 Å². The maximum absolute atomic E-state index is 13.2. The van der Waals surface area contributed by atoms with Gasteiger partial charge in [-0.3, -0.25) is 14.9 Å². The Morgan fingerprint density at radius 2 is 1.97 bits per heavy atom. The van der Waals surface area contributed by atoms with Crippen LogP contribution in [0.3, 0.4) is 0 Å². The molecule has 2 saturated heterocycles. The number of aryl methyl sites for hydroxylation is 1. The van der Waals surface area contributed by atoms with Crippen LogP contribution in [0.4, 0.5) is 0 Å². The van der Waals surface area contributed by atoms with E-state index in [-0.39, 0.29) is 22.0 Å². The summed E-state index contributed by atoms with van der Waals surface area (Å²) in [5.41, 5.74) is 1.17. The van der Waals surface area contributed by atoms with Crippen LogP contribution in [0, 0.1) is 0 Å². The fourth-order valence-electron chi connectivity index (χ4n) is 4.13. The number of carbonyl (C=O) groups is 2. The SMILES string of the molecule is CCOC(=O)C(CCc1ccccc1)N[C@H](C)C(=O)N1CC2(C[C@H]1C)SCCS2. The van der Waals surface area contributed by atoms with Gasteiger partial charge in [-0.1, -0.05) is 30.3 Å². The Morgan fingerprint density at radius 1 is 1.28 bits per heavy atom. The van der Waals surface area contributed by atoms with Gasteiger partial charge in [0.1, 0.15) is 6.04 Å². The van der Waals surface area contributed by atoms with Crippen molar-refractivity contribution in [1.29, 1.82) is 0 Å². The minimum atomic E-state index is -0.490. The van der Waals surface area contributed by atoms with Gasteiger partial charge in [-0.2, -0.15) is 0 Å². The minimum Gasteiger partial charge on any atom is -0.465 e. The van der Waals surface area contributed by atoms with Crippen LogP contribution in [0.25, 0.3) is 0 Å². The van der Waals surface area contributed by atoms with Crippen LogP contribution >= 0.6 is 23.5 Å². The molecule has 7 heteroatoms. The predicted octanol–water partition coefficient (Wildman–Crippen LogP) is 3.33. The number of carbonyl (C=O) groups excluding carboxylic acids is 2. The number of likely N-dealkylation sites (tertiary alicyclic amines) is 1. The minimum absolute atomic E-state index is 0.0801. The van der Waals surface area contributed by atoms with Gasteiger partial charge in [-0.25, -0.2) is 0 Å². The number of nitrogens with zero attached hydrogens (tertiary/aromatic N) is 1. The number of amides is 1. The molecule has 1 spiro atoms. The molecule has 160 valence electrons. The maximum Gasteiger partial charge on any atom is 0.323 e. The Hall–Kier alpha value is -1.18. The molecule has 5 nitrogen and oxygen atoms in total. The second-order valence-corrected chi connectivity index (χ2v) is 11.1. The molecule has 3 rings (SSSR count). The average Bonchev–Trinajstić information content (AvgIpc) is 3.31. The lowest BCUT2D eigenvalue weighted by molar-refractivity contribution is -0.146. The molecule has 0 radical (unpaired) electrons. The molecule has 29 heavy (non-hydrogen) atoms. The van der Waals surface area contributed by atoms with Crippen LogP contribution in [0.2, 0.25) is 0 Å². The van der Waals surface area contributed by atoms with Crippen LogP contribution in [0.15, 0.2) is 30.3 Å². The fourth-order valence-corrected chi connectivity index (χ4v) is 7.55. The van der Waals surface area contributed by atoms with E-state index in [9.17, 15) is 9.59 Å². The molecule has 3 atom stereocenters. The number of nitrogens with one attached hydrogen (secondary N) is 1. The summed E-state index contributed by atoms with van der Waals surface area (Å²) in [7, 11) is 0. The Labute approximate surface area is 182 Å². The zero-order chi connectivity index (χ0) is 20.9. The van der Waals surface area contributed by atoms with Gasteiger partial charge < -0.3 is 9.64 Å². The van der Waals surface area contributed by atoms with Crippen molar-refractivity contribution in [2.45, 2.75) is 62.2 Å². The monoisotopic (exact) mass is 436 g/mol. The van der Waals surface area contributed by atoms with Crippen molar-refractivity contribution in [3.8, 4) is 0 Å². The van der Waals surface area contributed by atoms with E-state index in [0.29, 0.717) is 13.0 Å². The van der Waals surface area contributed by atoms with Crippen molar-refractivity contribution in [2.24, 2.45) is 0 Å². The lowest BCUT2D eigenvalue weighted by Crippen LogP contribution is -2.52. The third kappa shape index (κ3) is 5.70. The summed E-state index contributed by atoms with van der Waals surface area (Å²) < 4.78 is 5.43. The molecule has 1 N–H and O–H groups in total. The Bertz CT molecular complexity index is 695. The second kappa shape index (κ2) is 10.2. The van der Waals surface area contributed by atoms with E-state index in [1.807, 2.05) is 60.5 Å². The average molecular weight is 437 g/mol. The van der Waals surface area contributed by atoms with Crippen LogP contribution in [-0.4, -0.2) is 63.6 Å². The molecule has 0 aromatic heterocycles. The molecule has 1 unspecified atom stereocenters. The number of hydrogen-bond acceptors (Lipinski definition) is 6. The van der Waals surface area contributed by atoms with Crippen molar-refractivity contribution < 1.29 is 14.3 Å². The van der Waals surface area contributed by atoms with Gasteiger partial charge in [0.2, 0.25) is 5.91 Å². The third-order valence-corrected chi connectivity index (χ3v) is 9.03. The molecular formula is C22H32N2O3S2. The van der Waals surface area contributed by atoms with Crippen LogP contribution in [-0.2, 0) is 20.7 Å². The summed E-state index contributed by atoms with van der Waals surface area (Å²) in [5.74, 6) is 2.13. The number of ether oxygens (including phenoxy) is 1. The summed E-state index contributed by atoms with van der Waals surface area (Å²) in [6, 6.07) is 9.41. The maximum atomic E-state index is 13.2. The van der Waals surface area contributed by atoms with Crippen molar-refractivity contribution in [3.63, 3.8) is 0 Å². The van der Waals surface area contributed by atoms with Gasteiger partial charge >= 0.3 is 5.97 Å². The Morgan fingerprint density at radius 3 is 2.62 bits per heavy atom. The molecule has 1 aromatic rings. The van der Waals surface area contributed by atoms with Gasteiger partial charge in [-0.15, -0.1) is 23.5 Å². The van der Waals surface area contributed by atoms with E-state index in [1.165, 1.54) is 5.56 Å². The highest BCUT2D eigenvalue weighted by atomic mass is 32.2. The molecule has 1 aromatic carbocycles. The zero-order valence-corrected chi connectivity index (χ0v) is 19.2. The fraction of sp³-hybridized carbons (Fsp3) is 0.636. The highest BCUT2D eigenvalue weighted by Crippen LogP contribution is 2.51. The van der Waals surface area contributed by atoms with E-state index < -0.39 is 12.1 Å². The first-order valence-corrected chi connectivity index (χ1v) is 12.5. The summed E-state index contributed by atoms with van der Waals surface area (Å²) in [6.45, 7) is 6.94. The van der Waals surface area contributed by atoms with Crippen molar-refractivity contribution in [1.82, 2.24) is 10.2 Å². The smallest absolute Gasteiger partial charge is 0.323 e. The van der Waals surface area contributed by atoms with E-state index >= 15 is 0 Å². The molecule has 2 fully saturated rings. The highest BCUT2D eigenvalue weighted by molar-refractivity contribution is 8.21. The molecule has 2 aliphatic heterocycles. The number of rotatable bonds is 8. The first kappa shape index (κ1) is 22.5. The molecule has 2 heterocycles. The van der Waals surface area contributed by atoms with Gasteiger partial charge in [0.15, 0.2) is 0 Å². The van der Waals surface area contributed by atoms with Crippen molar-refractivity contribution in [2.75, 3.05) is 24.7 Å². The summed E-state index contributed by atoms with van der Waals surface area (Å²) in [6.07, 6.45) is 2.40. The number of benzene rings is 1. The number of hydrogen-bond donors (Lipinski definition) is 1. The first-order chi connectivity index (χ1) is 13.9. The van der Waals surface area contributed by atoms with Gasteiger partial charge in [0.05, 0.1) is 16.7 Å². The van der Waals surface area contributed by atoms with Crippen LogP contribution in [0.1, 0.15) is 39.2 Å². The van der Waals surface area contributed by atoms with E-state index in [4.69, 9.17) is 4.74 Å². The molecular weight excluding hydrogens is 404 g/mol. The summed E-state index contributed by atoms with van der Waals surface area (Å²) >= 11 is 3.99. The van der Waals surface area contributed by atoms with Crippen molar-refractivity contribution >= 4 is 35.4 Å². The molecule has 2 aliphatic rings. The van der Waals surface area contributed by atoms with E-state index in [0.717, 1.165) is 30.9 Å². The summed E-state index contributed by atoms with van der Waals surface area (Å²) in [4.78, 5) is 27.7. The quantitative estimate of drug-likeness (QED) is 0.631. The highest BCUT2D eigenvalue weighted by Gasteiger charge is 2.47. The largest absolute Gasteiger partial charge is 0.465 e. The number of esters is 1. The molecule has 1 amide bonds. The zero-order valence-electron chi connectivity index (χ0n) is 17.6.